The maximum absolute atomic E-state index is 11.6. The van der Waals surface area contributed by atoms with Crippen LogP contribution in [-0.2, 0) is 9.53 Å². The topological polar surface area (TPSA) is 129 Å². The molecule has 5 N–H and O–H groups in total. The lowest BCUT2D eigenvalue weighted by molar-refractivity contribution is -0.172. The molecule has 9 heteroatoms. The third kappa shape index (κ3) is 3.89. The summed E-state index contributed by atoms with van der Waals surface area (Å²) in [6.45, 7) is 1.84. The SMILES string of the molecule is CNCC(=O)N[C@@H]1[C@@H](O)[C@@H](O)[C@@H](Nc2ccncn2)O[C@H]1C. The highest BCUT2D eigenvalue weighted by Crippen LogP contribution is 2.22. The lowest BCUT2D eigenvalue weighted by atomic mass is 9.96. The van der Waals surface area contributed by atoms with Crippen molar-refractivity contribution in [3.05, 3.63) is 18.6 Å². The van der Waals surface area contributed by atoms with Crippen molar-refractivity contribution in [1.29, 1.82) is 0 Å². The van der Waals surface area contributed by atoms with E-state index in [1.807, 2.05) is 0 Å². The van der Waals surface area contributed by atoms with E-state index in [0.717, 1.165) is 0 Å². The van der Waals surface area contributed by atoms with E-state index in [4.69, 9.17) is 4.74 Å². The van der Waals surface area contributed by atoms with Gasteiger partial charge >= 0.3 is 0 Å². The number of nitrogens with zero attached hydrogens (tertiary/aromatic N) is 2. The standard InChI is InChI=1S/C13H21N5O4/c1-7-10(18-9(19)5-14-2)11(20)12(21)13(22-7)17-8-3-4-15-6-16-8/h3-4,6-7,10-14,20-21H,5H2,1-2H3,(H,18,19)(H,15,16,17)/t7-,10-,11+,12+,13-/m0/s1. The van der Waals surface area contributed by atoms with E-state index < -0.39 is 30.6 Å². The number of aromatic nitrogens is 2. The second kappa shape index (κ2) is 7.45. The van der Waals surface area contributed by atoms with E-state index in [1.165, 1.54) is 6.33 Å². The molecule has 1 aromatic rings. The Labute approximate surface area is 128 Å². The molecule has 1 aliphatic rings. The van der Waals surface area contributed by atoms with Crippen molar-refractivity contribution < 1.29 is 19.7 Å². The van der Waals surface area contributed by atoms with Crippen molar-refractivity contribution >= 4 is 11.7 Å². The summed E-state index contributed by atoms with van der Waals surface area (Å²) in [5.41, 5.74) is 0. The van der Waals surface area contributed by atoms with Crippen molar-refractivity contribution in [2.75, 3.05) is 18.9 Å². The van der Waals surface area contributed by atoms with Crippen LogP contribution in [0, 0.1) is 0 Å². The summed E-state index contributed by atoms with van der Waals surface area (Å²) in [5.74, 6) is 0.188. The minimum absolute atomic E-state index is 0.120. The van der Waals surface area contributed by atoms with E-state index in [9.17, 15) is 15.0 Å². The number of aliphatic hydroxyl groups excluding tert-OH is 2. The third-order valence-electron chi connectivity index (χ3n) is 3.43. The number of hydrogen-bond donors (Lipinski definition) is 5. The van der Waals surface area contributed by atoms with Crippen LogP contribution in [0.25, 0.3) is 0 Å². The van der Waals surface area contributed by atoms with E-state index in [2.05, 4.69) is 25.9 Å². The maximum Gasteiger partial charge on any atom is 0.234 e. The number of anilines is 1. The van der Waals surface area contributed by atoms with E-state index >= 15 is 0 Å². The molecule has 2 rings (SSSR count). The van der Waals surface area contributed by atoms with Gasteiger partial charge in [0.15, 0.2) is 6.23 Å². The summed E-state index contributed by atoms with van der Waals surface area (Å²) in [7, 11) is 1.65. The van der Waals surface area contributed by atoms with Gasteiger partial charge in [0.05, 0.1) is 18.7 Å². The van der Waals surface area contributed by atoms with Gasteiger partial charge in [-0.15, -0.1) is 0 Å². The largest absolute Gasteiger partial charge is 0.388 e. The summed E-state index contributed by atoms with van der Waals surface area (Å²) in [6, 6.07) is 0.924. The number of nitrogens with one attached hydrogen (secondary N) is 3. The Hall–Kier alpha value is -1.81. The monoisotopic (exact) mass is 311 g/mol. The van der Waals surface area contributed by atoms with Gasteiger partial charge in [0.1, 0.15) is 24.4 Å². The molecule has 0 radical (unpaired) electrons. The van der Waals surface area contributed by atoms with Crippen molar-refractivity contribution in [2.24, 2.45) is 0 Å². The van der Waals surface area contributed by atoms with Crippen molar-refractivity contribution in [3.63, 3.8) is 0 Å². The molecular formula is C13H21N5O4. The number of carbonyl (C=O) groups is 1. The van der Waals surface area contributed by atoms with Crippen LogP contribution in [0.2, 0.25) is 0 Å². The summed E-state index contributed by atoms with van der Waals surface area (Å²) in [6.07, 6.45) is -0.797. The smallest absolute Gasteiger partial charge is 0.234 e. The highest BCUT2D eigenvalue weighted by molar-refractivity contribution is 5.78. The van der Waals surface area contributed by atoms with Gasteiger partial charge < -0.3 is 30.9 Å². The zero-order valence-electron chi connectivity index (χ0n) is 12.4. The summed E-state index contributed by atoms with van der Waals surface area (Å²) < 4.78 is 5.65. The predicted molar refractivity (Wildman–Crippen MR) is 77.9 cm³/mol. The molecule has 0 spiro atoms. The fourth-order valence-corrected chi connectivity index (χ4v) is 2.31. The minimum Gasteiger partial charge on any atom is -0.388 e. The first-order valence-electron chi connectivity index (χ1n) is 7.01. The van der Waals surface area contributed by atoms with Gasteiger partial charge in [-0.05, 0) is 20.0 Å². The van der Waals surface area contributed by atoms with Gasteiger partial charge in [-0.3, -0.25) is 4.79 Å². The fourth-order valence-electron chi connectivity index (χ4n) is 2.31. The minimum atomic E-state index is -1.22. The van der Waals surface area contributed by atoms with Crippen LogP contribution in [0.5, 0.6) is 0 Å². The quantitative estimate of drug-likeness (QED) is 0.425. The van der Waals surface area contributed by atoms with Crippen LogP contribution >= 0.6 is 0 Å². The molecule has 1 amide bonds. The molecule has 122 valence electrons. The lowest BCUT2D eigenvalue weighted by Crippen LogP contribution is -2.64. The second-order valence-corrected chi connectivity index (χ2v) is 5.11. The Morgan fingerprint density at radius 3 is 2.82 bits per heavy atom. The molecule has 1 saturated heterocycles. The number of ether oxygens (including phenoxy) is 1. The number of likely N-dealkylation sites (N-methyl/N-ethyl adjacent to an activating group) is 1. The molecule has 5 atom stereocenters. The molecule has 1 fully saturated rings. The molecule has 1 aliphatic heterocycles. The first-order chi connectivity index (χ1) is 10.5. The molecule has 0 bridgehead atoms. The number of rotatable bonds is 5. The molecular weight excluding hydrogens is 290 g/mol. The van der Waals surface area contributed by atoms with Crippen LogP contribution < -0.4 is 16.0 Å². The Morgan fingerprint density at radius 2 is 2.18 bits per heavy atom. The van der Waals surface area contributed by atoms with Crippen LogP contribution in [0.1, 0.15) is 6.92 Å². The van der Waals surface area contributed by atoms with Gasteiger partial charge in [-0.25, -0.2) is 9.97 Å². The number of aliphatic hydroxyl groups is 2. The lowest BCUT2D eigenvalue weighted by Gasteiger charge is -2.42. The number of hydrogen-bond acceptors (Lipinski definition) is 8. The molecule has 1 aromatic heterocycles. The van der Waals surface area contributed by atoms with Gasteiger partial charge in [0.25, 0.3) is 0 Å². The molecule has 0 aromatic carbocycles. The number of carbonyl (C=O) groups excluding carboxylic acids is 1. The maximum atomic E-state index is 11.6. The van der Waals surface area contributed by atoms with Gasteiger partial charge in [0.2, 0.25) is 5.91 Å². The normalized spacial score (nSPS) is 31.5. The van der Waals surface area contributed by atoms with Crippen molar-refractivity contribution in [3.8, 4) is 0 Å². The van der Waals surface area contributed by atoms with Crippen LogP contribution in [0.3, 0.4) is 0 Å². The van der Waals surface area contributed by atoms with Crippen LogP contribution in [-0.4, -0.2) is 70.3 Å². The van der Waals surface area contributed by atoms with Gasteiger partial charge in [-0.2, -0.15) is 0 Å². The summed E-state index contributed by atoms with van der Waals surface area (Å²) in [5, 5.41) is 28.7. The van der Waals surface area contributed by atoms with Gasteiger partial charge in [0, 0.05) is 6.20 Å². The predicted octanol–water partition coefficient (Wildman–Crippen LogP) is -1.94. The molecule has 0 unspecified atom stereocenters. The molecule has 22 heavy (non-hydrogen) atoms. The molecule has 0 saturated carbocycles. The highest BCUT2D eigenvalue weighted by atomic mass is 16.5. The Kier molecular flexibility index (Phi) is 5.61. The average molecular weight is 311 g/mol. The second-order valence-electron chi connectivity index (χ2n) is 5.11. The van der Waals surface area contributed by atoms with Crippen molar-refractivity contribution in [1.82, 2.24) is 20.6 Å². The van der Waals surface area contributed by atoms with E-state index in [1.54, 1.807) is 26.2 Å². The zero-order valence-corrected chi connectivity index (χ0v) is 12.4. The summed E-state index contributed by atoms with van der Waals surface area (Å²) in [4.78, 5) is 19.4. The van der Waals surface area contributed by atoms with E-state index in [-0.39, 0.29) is 12.5 Å². The molecule has 9 nitrogen and oxygen atoms in total. The summed E-state index contributed by atoms with van der Waals surface area (Å²) >= 11 is 0. The Bertz CT molecular complexity index is 489. The molecule has 2 heterocycles. The third-order valence-corrected chi connectivity index (χ3v) is 3.43. The first-order valence-corrected chi connectivity index (χ1v) is 7.01. The highest BCUT2D eigenvalue weighted by Gasteiger charge is 2.43. The average Bonchev–Trinajstić information content (AvgIpc) is 2.50. The Balaban J connectivity index is 2.00. The first kappa shape index (κ1) is 16.6. The molecule has 0 aliphatic carbocycles. The van der Waals surface area contributed by atoms with Crippen molar-refractivity contribution in [2.45, 2.75) is 37.5 Å². The Morgan fingerprint density at radius 1 is 1.41 bits per heavy atom. The van der Waals surface area contributed by atoms with Gasteiger partial charge in [-0.1, -0.05) is 0 Å². The zero-order chi connectivity index (χ0) is 16.1. The number of amides is 1. The van der Waals surface area contributed by atoms with Crippen LogP contribution in [0.4, 0.5) is 5.82 Å². The van der Waals surface area contributed by atoms with Crippen LogP contribution in [0.15, 0.2) is 18.6 Å². The van der Waals surface area contributed by atoms with E-state index in [0.29, 0.717) is 5.82 Å². The fraction of sp³-hybridized carbons (Fsp3) is 0.615.